The third-order valence-corrected chi connectivity index (χ3v) is 5.45. The molecule has 3 aromatic rings. The molecule has 0 bridgehead atoms. The van der Waals surface area contributed by atoms with E-state index in [-0.39, 0.29) is 17.7 Å². The standard InChI is InChI=1S/C21H16BrN5O2/c1-25-17-5-3-4-6-18(17)26(2)20(25)15(10-23)19(28)11-27-12-24-16-8-7-13(22)9-14(16)21(27)29/h3-9,12H,11H2,1-2H3. The molecule has 1 aromatic heterocycles. The van der Waals surface area contributed by atoms with Crippen molar-refractivity contribution in [1.82, 2.24) is 9.55 Å². The Morgan fingerprint density at radius 1 is 1.14 bits per heavy atom. The number of carbonyl (C=O) groups is 1. The largest absolute Gasteiger partial charge is 0.328 e. The van der Waals surface area contributed by atoms with Gasteiger partial charge in [0.2, 0.25) is 0 Å². The number of allylic oxidation sites excluding steroid dienone is 1. The van der Waals surface area contributed by atoms with Crippen molar-refractivity contribution in [2.24, 2.45) is 0 Å². The number of Topliss-reactive ketones (excluding diaryl/α,β-unsaturated/α-hetero) is 1. The van der Waals surface area contributed by atoms with Crippen LogP contribution in [0.25, 0.3) is 10.9 Å². The number of nitrogens with zero attached hydrogens (tertiary/aromatic N) is 5. The lowest BCUT2D eigenvalue weighted by atomic mass is 10.1. The molecule has 1 aliphatic heterocycles. The van der Waals surface area contributed by atoms with Gasteiger partial charge in [0.15, 0.2) is 5.78 Å². The Kier molecular flexibility index (Phi) is 4.68. The molecule has 0 N–H and O–H groups in total. The van der Waals surface area contributed by atoms with E-state index in [0.29, 0.717) is 16.7 Å². The third-order valence-electron chi connectivity index (χ3n) is 4.95. The van der Waals surface area contributed by atoms with Gasteiger partial charge in [-0.1, -0.05) is 28.1 Å². The summed E-state index contributed by atoms with van der Waals surface area (Å²) in [6, 6.07) is 14.9. The lowest BCUT2D eigenvalue weighted by Gasteiger charge is -2.20. The predicted molar refractivity (Wildman–Crippen MR) is 115 cm³/mol. The molecule has 0 atom stereocenters. The fourth-order valence-corrected chi connectivity index (χ4v) is 3.90. The van der Waals surface area contributed by atoms with E-state index in [0.717, 1.165) is 15.8 Å². The lowest BCUT2D eigenvalue weighted by Crippen LogP contribution is -2.30. The maximum absolute atomic E-state index is 13.0. The summed E-state index contributed by atoms with van der Waals surface area (Å²) in [5.41, 5.74) is 2.02. The smallest absolute Gasteiger partial charge is 0.261 e. The van der Waals surface area contributed by atoms with E-state index in [9.17, 15) is 14.9 Å². The minimum atomic E-state index is -0.452. The Labute approximate surface area is 175 Å². The van der Waals surface area contributed by atoms with Gasteiger partial charge in [-0.2, -0.15) is 5.26 Å². The maximum Gasteiger partial charge on any atom is 0.261 e. The van der Waals surface area contributed by atoms with Crippen molar-refractivity contribution in [1.29, 1.82) is 5.26 Å². The summed E-state index contributed by atoms with van der Waals surface area (Å²) in [5.74, 6) is 0.0375. The predicted octanol–water partition coefficient (Wildman–Crippen LogP) is 3.05. The highest BCUT2D eigenvalue weighted by Crippen LogP contribution is 2.40. The van der Waals surface area contributed by atoms with Gasteiger partial charge in [-0.15, -0.1) is 0 Å². The summed E-state index contributed by atoms with van der Waals surface area (Å²) in [5, 5.41) is 10.1. The van der Waals surface area contributed by atoms with Crippen LogP contribution in [0.15, 0.2) is 69.5 Å². The highest BCUT2D eigenvalue weighted by molar-refractivity contribution is 9.10. The number of anilines is 2. The minimum absolute atomic E-state index is 0.00700. The van der Waals surface area contributed by atoms with Crippen LogP contribution in [0.2, 0.25) is 0 Å². The van der Waals surface area contributed by atoms with Gasteiger partial charge in [0.05, 0.1) is 35.1 Å². The number of carbonyl (C=O) groups excluding carboxylic acids is 1. The van der Waals surface area contributed by atoms with Crippen molar-refractivity contribution in [3.05, 3.63) is 75.0 Å². The number of hydrogen-bond acceptors (Lipinski definition) is 6. The molecule has 8 heteroatoms. The first kappa shape index (κ1) is 18.9. The molecule has 2 aromatic carbocycles. The van der Waals surface area contributed by atoms with Crippen LogP contribution < -0.4 is 15.4 Å². The monoisotopic (exact) mass is 449 g/mol. The number of hydrogen-bond donors (Lipinski definition) is 0. The number of halogens is 1. The molecule has 4 rings (SSSR count). The van der Waals surface area contributed by atoms with Crippen molar-refractivity contribution >= 4 is 44.0 Å². The highest BCUT2D eigenvalue weighted by atomic mass is 79.9. The molecule has 0 amide bonds. The summed E-state index contributed by atoms with van der Waals surface area (Å²) in [7, 11) is 3.62. The first-order valence-electron chi connectivity index (χ1n) is 8.81. The zero-order valence-corrected chi connectivity index (χ0v) is 17.3. The second kappa shape index (κ2) is 7.18. The topological polar surface area (TPSA) is 82.2 Å². The molecule has 0 saturated heterocycles. The fourth-order valence-electron chi connectivity index (χ4n) is 3.53. The normalized spacial score (nSPS) is 12.8. The second-order valence-corrected chi connectivity index (χ2v) is 7.60. The van der Waals surface area contributed by atoms with E-state index in [2.05, 4.69) is 20.9 Å². The molecule has 0 radical (unpaired) electrons. The van der Waals surface area contributed by atoms with Gasteiger partial charge in [0.1, 0.15) is 17.5 Å². The molecular weight excluding hydrogens is 434 g/mol. The van der Waals surface area contributed by atoms with E-state index in [1.165, 1.54) is 10.9 Å². The molecule has 29 heavy (non-hydrogen) atoms. The van der Waals surface area contributed by atoms with Crippen LogP contribution in [0.5, 0.6) is 0 Å². The highest BCUT2D eigenvalue weighted by Gasteiger charge is 2.31. The summed E-state index contributed by atoms with van der Waals surface area (Å²) >= 11 is 3.34. The Balaban J connectivity index is 1.74. The lowest BCUT2D eigenvalue weighted by molar-refractivity contribution is -0.115. The number of aromatic nitrogens is 2. The average Bonchev–Trinajstić information content (AvgIpc) is 2.97. The fraction of sp³-hybridized carbons (Fsp3) is 0.143. The SMILES string of the molecule is CN1C(=C(C#N)C(=O)Cn2cnc3ccc(Br)cc3c2=O)N(C)c2ccccc21. The van der Waals surface area contributed by atoms with Crippen molar-refractivity contribution < 1.29 is 4.79 Å². The van der Waals surface area contributed by atoms with Crippen LogP contribution in [0.3, 0.4) is 0 Å². The first-order valence-corrected chi connectivity index (χ1v) is 9.60. The molecular formula is C21H16BrN5O2. The summed E-state index contributed by atoms with van der Waals surface area (Å²) in [6.07, 6.45) is 1.34. The van der Waals surface area contributed by atoms with Gasteiger partial charge in [-0.3, -0.25) is 14.2 Å². The molecule has 0 aliphatic carbocycles. The number of nitriles is 1. The Hall–Kier alpha value is -3.44. The number of para-hydroxylation sites is 2. The van der Waals surface area contributed by atoms with Crippen molar-refractivity contribution in [3.63, 3.8) is 0 Å². The zero-order chi connectivity index (χ0) is 20.7. The van der Waals surface area contributed by atoms with Crippen LogP contribution in [0, 0.1) is 11.3 Å². The molecule has 144 valence electrons. The van der Waals surface area contributed by atoms with Crippen LogP contribution in [-0.2, 0) is 11.3 Å². The molecule has 0 unspecified atom stereocenters. The number of rotatable bonds is 3. The Morgan fingerprint density at radius 2 is 1.79 bits per heavy atom. The Morgan fingerprint density at radius 3 is 2.41 bits per heavy atom. The van der Waals surface area contributed by atoms with Gasteiger partial charge >= 0.3 is 0 Å². The quantitative estimate of drug-likeness (QED) is 0.451. The second-order valence-electron chi connectivity index (χ2n) is 6.68. The zero-order valence-electron chi connectivity index (χ0n) is 15.8. The van der Waals surface area contributed by atoms with Crippen LogP contribution in [-0.4, -0.2) is 29.4 Å². The van der Waals surface area contributed by atoms with Crippen LogP contribution in [0.1, 0.15) is 0 Å². The molecule has 0 saturated carbocycles. The average molecular weight is 450 g/mol. The van der Waals surface area contributed by atoms with E-state index in [1.54, 1.807) is 18.2 Å². The van der Waals surface area contributed by atoms with Gasteiger partial charge in [-0.25, -0.2) is 4.98 Å². The van der Waals surface area contributed by atoms with E-state index < -0.39 is 5.78 Å². The maximum atomic E-state index is 13.0. The van der Waals surface area contributed by atoms with Crippen molar-refractivity contribution in [2.45, 2.75) is 6.54 Å². The van der Waals surface area contributed by atoms with Gasteiger partial charge < -0.3 is 9.80 Å². The molecule has 0 fully saturated rings. The molecule has 2 heterocycles. The number of benzene rings is 2. The molecule has 1 aliphatic rings. The third kappa shape index (κ3) is 3.09. The molecule has 0 spiro atoms. The number of fused-ring (bicyclic) bond motifs is 2. The number of ketones is 1. The van der Waals surface area contributed by atoms with E-state index >= 15 is 0 Å². The van der Waals surface area contributed by atoms with E-state index in [1.807, 2.05) is 54.2 Å². The Bertz CT molecular complexity index is 1260. The summed E-state index contributed by atoms with van der Waals surface area (Å²) in [6.45, 7) is -0.265. The molecule has 7 nitrogen and oxygen atoms in total. The van der Waals surface area contributed by atoms with Gasteiger partial charge in [0.25, 0.3) is 5.56 Å². The van der Waals surface area contributed by atoms with Crippen LogP contribution >= 0.6 is 15.9 Å². The first-order chi connectivity index (χ1) is 13.9. The summed E-state index contributed by atoms with van der Waals surface area (Å²) < 4.78 is 1.98. The van der Waals surface area contributed by atoms with Crippen molar-refractivity contribution in [3.8, 4) is 6.07 Å². The van der Waals surface area contributed by atoms with Crippen LogP contribution in [0.4, 0.5) is 11.4 Å². The van der Waals surface area contributed by atoms with Gasteiger partial charge in [-0.05, 0) is 30.3 Å². The van der Waals surface area contributed by atoms with Crippen molar-refractivity contribution in [2.75, 3.05) is 23.9 Å². The van der Waals surface area contributed by atoms with E-state index in [4.69, 9.17) is 0 Å². The summed E-state index contributed by atoms with van der Waals surface area (Å²) in [4.78, 5) is 33.7. The van der Waals surface area contributed by atoms with Gasteiger partial charge in [0, 0.05) is 18.6 Å². The minimum Gasteiger partial charge on any atom is -0.328 e.